The summed E-state index contributed by atoms with van der Waals surface area (Å²) in [5.41, 5.74) is 9.13. The number of hydrogen-bond acceptors (Lipinski definition) is 5. The van der Waals surface area contributed by atoms with Crippen molar-refractivity contribution in [3.63, 3.8) is 0 Å². The van der Waals surface area contributed by atoms with E-state index >= 15 is 0 Å². The van der Waals surface area contributed by atoms with Crippen molar-refractivity contribution < 1.29 is 14.3 Å². The van der Waals surface area contributed by atoms with Crippen molar-refractivity contribution in [3.8, 4) is 11.3 Å². The zero-order valence-corrected chi connectivity index (χ0v) is 11.8. The molecule has 2 heterocycles. The maximum absolute atomic E-state index is 10.7. The van der Waals surface area contributed by atoms with Crippen LogP contribution in [0.15, 0.2) is 24.3 Å². The van der Waals surface area contributed by atoms with Gasteiger partial charge in [0, 0.05) is 11.1 Å². The van der Waals surface area contributed by atoms with Gasteiger partial charge in [-0.15, -0.1) is 0 Å². The van der Waals surface area contributed by atoms with Crippen molar-refractivity contribution >= 4 is 17.7 Å². The summed E-state index contributed by atoms with van der Waals surface area (Å²) in [4.78, 5) is 19.1. The van der Waals surface area contributed by atoms with E-state index in [1.165, 1.54) is 0 Å². The number of halogens is 1. The SMILES string of the molecule is NC(=O)OCc1cccc(-c2nc(Cl)nc3c2COC3)c1. The normalized spacial score (nSPS) is 13.0. The van der Waals surface area contributed by atoms with Gasteiger partial charge < -0.3 is 15.2 Å². The van der Waals surface area contributed by atoms with Crippen LogP contribution in [0.3, 0.4) is 0 Å². The van der Waals surface area contributed by atoms with Gasteiger partial charge in [-0.2, -0.15) is 0 Å². The van der Waals surface area contributed by atoms with Gasteiger partial charge in [-0.3, -0.25) is 0 Å². The van der Waals surface area contributed by atoms with Gasteiger partial charge in [0.25, 0.3) is 0 Å². The molecular formula is C14H12ClN3O3. The van der Waals surface area contributed by atoms with E-state index in [-0.39, 0.29) is 11.9 Å². The molecule has 1 aromatic carbocycles. The first-order valence-electron chi connectivity index (χ1n) is 6.28. The number of amides is 1. The number of carbonyl (C=O) groups is 1. The number of fused-ring (bicyclic) bond motifs is 1. The molecule has 0 bridgehead atoms. The largest absolute Gasteiger partial charge is 0.445 e. The number of primary amides is 1. The number of carbonyl (C=O) groups excluding carboxylic acids is 1. The third-order valence-electron chi connectivity index (χ3n) is 3.13. The van der Waals surface area contributed by atoms with Crippen LogP contribution in [0.5, 0.6) is 0 Å². The Morgan fingerprint density at radius 3 is 3.05 bits per heavy atom. The van der Waals surface area contributed by atoms with Crippen LogP contribution in [0.2, 0.25) is 5.28 Å². The number of benzene rings is 1. The fraction of sp³-hybridized carbons (Fsp3) is 0.214. The van der Waals surface area contributed by atoms with Crippen molar-refractivity contribution in [2.24, 2.45) is 5.73 Å². The molecule has 3 rings (SSSR count). The molecule has 0 atom stereocenters. The Kier molecular flexibility index (Phi) is 3.72. The van der Waals surface area contributed by atoms with E-state index in [9.17, 15) is 4.79 Å². The number of ether oxygens (including phenoxy) is 2. The van der Waals surface area contributed by atoms with Gasteiger partial charge in [0.1, 0.15) is 6.61 Å². The average molecular weight is 306 g/mol. The molecule has 108 valence electrons. The second-order valence-electron chi connectivity index (χ2n) is 4.57. The standard InChI is InChI=1S/C14H12ClN3O3/c15-13-17-11-7-20-6-10(11)12(18-13)9-3-1-2-8(4-9)5-21-14(16)19/h1-4H,5-7H2,(H2,16,19). The second-order valence-corrected chi connectivity index (χ2v) is 4.91. The minimum atomic E-state index is -0.806. The number of rotatable bonds is 3. The molecule has 2 N–H and O–H groups in total. The van der Waals surface area contributed by atoms with Gasteiger partial charge >= 0.3 is 6.09 Å². The Hall–Kier alpha value is -2.18. The van der Waals surface area contributed by atoms with Gasteiger partial charge in [-0.25, -0.2) is 14.8 Å². The summed E-state index contributed by atoms with van der Waals surface area (Å²) in [6.07, 6.45) is -0.806. The number of nitrogens with zero attached hydrogens (tertiary/aromatic N) is 2. The third kappa shape index (κ3) is 2.96. The van der Waals surface area contributed by atoms with Crippen LogP contribution >= 0.6 is 11.6 Å². The maximum atomic E-state index is 10.7. The van der Waals surface area contributed by atoms with E-state index in [1.54, 1.807) is 0 Å². The first-order chi connectivity index (χ1) is 10.1. The topological polar surface area (TPSA) is 87.3 Å². The lowest BCUT2D eigenvalue weighted by Gasteiger charge is -2.08. The molecule has 6 nitrogen and oxygen atoms in total. The van der Waals surface area contributed by atoms with Crippen LogP contribution in [0.1, 0.15) is 16.8 Å². The molecule has 0 spiro atoms. The molecule has 1 aliphatic heterocycles. The van der Waals surface area contributed by atoms with Gasteiger partial charge in [0.05, 0.1) is 24.6 Å². The Morgan fingerprint density at radius 2 is 2.24 bits per heavy atom. The fourth-order valence-electron chi connectivity index (χ4n) is 2.22. The average Bonchev–Trinajstić information content (AvgIpc) is 2.92. The van der Waals surface area contributed by atoms with Gasteiger partial charge in [-0.05, 0) is 23.2 Å². The molecule has 7 heteroatoms. The Morgan fingerprint density at radius 1 is 1.38 bits per heavy atom. The van der Waals surface area contributed by atoms with Crippen molar-refractivity contribution in [1.82, 2.24) is 9.97 Å². The molecule has 0 saturated heterocycles. The first-order valence-corrected chi connectivity index (χ1v) is 6.66. The molecule has 0 aliphatic carbocycles. The number of hydrogen-bond donors (Lipinski definition) is 1. The predicted octanol–water partition coefficient (Wildman–Crippen LogP) is 2.42. The molecule has 1 amide bonds. The predicted molar refractivity (Wildman–Crippen MR) is 75.3 cm³/mol. The summed E-state index contributed by atoms with van der Waals surface area (Å²) < 4.78 is 10.2. The van der Waals surface area contributed by atoms with Crippen LogP contribution in [0.4, 0.5) is 4.79 Å². The molecule has 1 aliphatic rings. The smallest absolute Gasteiger partial charge is 0.404 e. The van der Waals surface area contributed by atoms with Gasteiger partial charge in [0.2, 0.25) is 5.28 Å². The minimum absolute atomic E-state index is 0.112. The second kappa shape index (κ2) is 5.67. The minimum Gasteiger partial charge on any atom is -0.445 e. The Labute approximate surface area is 125 Å². The van der Waals surface area contributed by atoms with Crippen LogP contribution in [-0.2, 0) is 29.3 Å². The van der Waals surface area contributed by atoms with E-state index in [4.69, 9.17) is 26.8 Å². The molecule has 21 heavy (non-hydrogen) atoms. The summed E-state index contributed by atoms with van der Waals surface area (Å²) in [5.74, 6) is 0. The van der Waals surface area contributed by atoms with Gasteiger partial charge in [-0.1, -0.05) is 18.2 Å². The molecule has 0 fully saturated rings. The molecule has 0 unspecified atom stereocenters. The monoisotopic (exact) mass is 305 g/mol. The highest BCUT2D eigenvalue weighted by Gasteiger charge is 2.20. The Bertz CT molecular complexity index is 706. The van der Waals surface area contributed by atoms with Crippen LogP contribution in [0.25, 0.3) is 11.3 Å². The van der Waals surface area contributed by atoms with Crippen LogP contribution < -0.4 is 5.73 Å². The first kappa shape index (κ1) is 13.8. The van der Waals surface area contributed by atoms with Crippen molar-refractivity contribution in [2.75, 3.05) is 0 Å². The summed E-state index contributed by atoms with van der Waals surface area (Å²) in [7, 11) is 0. The van der Waals surface area contributed by atoms with E-state index in [0.717, 1.165) is 28.1 Å². The van der Waals surface area contributed by atoms with E-state index in [1.807, 2.05) is 24.3 Å². The quantitative estimate of drug-likeness (QED) is 0.880. The maximum Gasteiger partial charge on any atom is 0.404 e. The van der Waals surface area contributed by atoms with Crippen LogP contribution in [0, 0.1) is 0 Å². The zero-order chi connectivity index (χ0) is 14.8. The molecule has 2 aromatic rings. The van der Waals surface area contributed by atoms with Crippen molar-refractivity contribution in [1.29, 1.82) is 0 Å². The fourth-order valence-corrected chi connectivity index (χ4v) is 2.41. The van der Waals surface area contributed by atoms with Crippen molar-refractivity contribution in [2.45, 2.75) is 19.8 Å². The van der Waals surface area contributed by atoms with E-state index < -0.39 is 6.09 Å². The highest BCUT2D eigenvalue weighted by atomic mass is 35.5. The van der Waals surface area contributed by atoms with E-state index in [0.29, 0.717) is 13.2 Å². The summed E-state index contributed by atoms with van der Waals surface area (Å²) in [6, 6.07) is 7.48. The number of nitrogens with two attached hydrogens (primary N) is 1. The highest BCUT2D eigenvalue weighted by molar-refractivity contribution is 6.28. The lowest BCUT2D eigenvalue weighted by molar-refractivity contribution is 0.133. The van der Waals surface area contributed by atoms with Gasteiger partial charge in [0.15, 0.2) is 0 Å². The highest BCUT2D eigenvalue weighted by Crippen LogP contribution is 2.30. The summed E-state index contributed by atoms with van der Waals surface area (Å²) in [5, 5.41) is 0.188. The third-order valence-corrected chi connectivity index (χ3v) is 3.30. The number of aromatic nitrogens is 2. The zero-order valence-electron chi connectivity index (χ0n) is 11.0. The Balaban J connectivity index is 1.97. The molecule has 0 saturated carbocycles. The molecule has 0 radical (unpaired) electrons. The molecule has 1 aromatic heterocycles. The lowest BCUT2D eigenvalue weighted by atomic mass is 10.0. The molecular weight excluding hydrogens is 294 g/mol. The summed E-state index contributed by atoms with van der Waals surface area (Å²) in [6.45, 7) is 1.01. The lowest BCUT2D eigenvalue weighted by Crippen LogP contribution is -2.12. The van der Waals surface area contributed by atoms with E-state index in [2.05, 4.69) is 9.97 Å². The van der Waals surface area contributed by atoms with Crippen molar-refractivity contribution in [3.05, 3.63) is 46.4 Å². The summed E-state index contributed by atoms with van der Waals surface area (Å²) >= 11 is 5.96. The van der Waals surface area contributed by atoms with Crippen LogP contribution in [-0.4, -0.2) is 16.1 Å².